The van der Waals surface area contributed by atoms with Crippen LogP contribution in [-0.2, 0) is 26.6 Å². The van der Waals surface area contributed by atoms with E-state index < -0.39 is 20.0 Å². The summed E-state index contributed by atoms with van der Waals surface area (Å²) >= 11 is 0. The van der Waals surface area contributed by atoms with Gasteiger partial charge in [-0.15, -0.1) is 12.4 Å². The summed E-state index contributed by atoms with van der Waals surface area (Å²) in [6.45, 7) is 0.654. The van der Waals surface area contributed by atoms with Gasteiger partial charge >= 0.3 is 0 Å². The first-order chi connectivity index (χ1) is 13.6. The smallest absolute Gasteiger partial charge is 0.242 e. The van der Waals surface area contributed by atoms with Gasteiger partial charge in [-0.1, -0.05) is 12.1 Å². The largest absolute Gasteiger partial charge is 0.359 e. The van der Waals surface area contributed by atoms with Crippen LogP contribution in [0.5, 0.6) is 0 Å². The molecule has 164 valence electrons. The van der Waals surface area contributed by atoms with Gasteiger partial charge in [0.2, 0.25) is 26.0 Å². The average Bonchev–Trinajstić information content (AvgIpc) is 3.03. The van der Waals surface area contributed by atoms with Crippen molar-refractivity contribution >= 4 is 55.1 Å². The molecule has 12 heteroatoms. The fraction of sp³-hybridized carbons (Fsp3) is 0.278. The van der Waals surface area contributed by atoms with Crippen molar-refractivity contribution < 1.29 is 16.8 Å². The van der Waals surface area contributed by atoms with Gasteiger partial charge in [0.25, 0.3) is 0 Å². The van der Waals surface area contributed by atoms with E-state index in [4.69, 9.17) is 0 Å². The van der Waals surface area contributed by atoms with Crippen LogP contribution in [0.3, 0.4) is 0 Å². The molecule has 0 atom stereocenters. The molecular weight excluding hydrogens is 450 g/mol. The number of fused-ring (bicyclic) bond motifs is 1. The fourth-order valence-electron chi connectivity index (χ4n) is 2.94. The lowest BCUT2D eigenvalue weighted by Gasteiger charge is -2.19. The van der Waals surface area contributed by atoms with Crippen molar-refractivity contribution in [3.8, 4) is 0 Å². The number of likely N-dealkylation sites (N-methyl/N-ethyl adjacent to an activating group) is 1. The standard InChI is InChI=1S/C18H23N5O4S2.ClH/c1-19-18-20-16-6-4-5-7-17(16)23(18)13-12-22(2)29(26,27)15-10-8-14(9-11-15)21-28(3,24)25;/h4-11,21H,12-13H2,1-3H3,(H,19,20);1H. The maximum Gasteiger partial charge on any atom is 0.242 e. The number of anilines is 2. The molecule has 0 bridgehead atoms. The van der Waals surface area contributed by atoms with Gasteiger partial charge in [0, 0.05) is 32.9 Å². The van der Waals surface area contributed by atoms with Gasteiger partial charge in [-0.05, 0) is 36.4 Å². The van der Waals surface area contributed by atoms with E-state index >= 15 is 0 Å². The Bertz CT molecular complexity index is 1230. The third-order valence-electron chi connectivity index (χ3n) is 4.38. The van der Waals surface area contributed by atoms with E-state index in [1.807, 2.05) is 28.8 Å². The summed E-state index contributed by atoms with van der Waals surface area (Å²) in [7, 11) is -3.87. The number of imidazole rings is 1. The van der Waals surface area contributed by atoms with Gasteiger partial charge in [-0.25, -0.2) is 21.8 Å². The van der Waals surface area contributed by atoms with E-state index in [1.54, 1.807) is 7.05 Å². The molecule has 0 saturated heterocycles. The molecule has 0 spiro atoms. The third-order valence-corrected chi connectivity index (χ3v) is 6.86. The Morgan fingerprint density at radius 2 is 1.67 bits per heavy atom. The van der Waals surface area contributed by atoms with Gasteiger partial charge in [0.1, 0.15) is 0 Å². The fourth-order valence-corrected chi connectivity index (χ4v) is 4.67. The molecule has 0 aliphatic heterocycles. The molecule has 0 unspecified atom stereocenters. The monoisotopic (exact) mass is 473 g/mol. The SMILES string of the molecule is CNc1nc2ccccc2n1CCN(C)S(=O)(=O)c1ccc(NS(C)(=O)=O)cc1.Cl. The van der Waals surface area contributed by atoms with Gasteiger partial charge in [-0.3, -0.25) is 4.72 Å². The van der Waals surface area contributed by atoms with E-state index in [0.29, 0.717) is 18.2 Å². The quantitative estimate of drug-likeness (QED) is 0.518. The highest BCUT2D eigenvalue weighted by Gasteiger charge is 2.21. The molecule has 0 radical (unpaired) electrons. The molecule has 2 N–H and O–H groups in total. The van der Waals surface area contributed by atoms with Crippen LogP contribution < -0.4 is 10.0 Å². The van der Waals surface area contributed by atoms with Crippen LogP contribution in [0.1, 0.15) is 0 Å². The summed E-state index contributed by atoms with van der Waals surface area (Å²) < 4.78 is 53.8. The number of nitrogens with one attached hydrogen (secondary N) is 2. The number of aromatic nitrogens is 2. The number of halogens is 1. The summed E-state index contributed by atoms with van der Waals surface area (Å²) in [5.41, 5.74) is 2.05. The van der Waals surface area contributed by atoms with E-state index in [2.05, 4.69) is 15.0 Å². The number of hydrogen-bond acceptors (Lipinski definition) is 6. The van der Waals surface area contributed by atoms with Crippen LogP contribution in [0.25, 0.3) is 11.0 Å². The second-order valence-electron chi connectivity index (χ2n) is 6.55. The zero-order valence-corrected chi connectivity index (χ0v) is 19.2. The van der Waals surface area contributed by atoms with E-state index in [1.165, 1.54) is 35.6 Å². The minimum atomic E-state index is -3.72. The molecule has 9 nitrogen and oxygen atoms in total. The van der Waals surface area contributed by atoms with Crippen molar-refractivity contribution in [3.63, 3.8) is 0 Å². The van der Waals surface area contributed by atoms with Crippen molar-refractivity contribution in [2.45, 2.75) is 11.4 Å². The Kier molecular flexibility index (Phi) is 7.35. The molecule has 3 aromatic rings. The predicted molar refractivity (Wildman–Crippen MR) is 121 cm³/mol. The lowest BCUT2D eigenvalue weighted by molar-refractivity contribution is 0.449. The highest BCUT2D eigenvalue weighted by molar-refractivity contribution is 7.92. The molecule has 30 heavy (non-hydrogen) atoms. The van der Waals surface area contributed by atoms with Crippen LogP contribution in [0.4, 0.5) is 11.6 Å². The number of benzene rings is 2. The zero-order valence-electron chi connectivity index (χ0n) is 16.7. The molecule has 0 aliphatic carbocycles. The second kappa shape index (κ2) is 9.21. The van der Waals surface area contributed by atoms with Crippen LogP contribution >= 0.6 is 12.4 Å². The summed E-state index contributed by atoms with van der Waals surface area (Å²) in [5, 5.41) is 3.03. The first-order valence-corrected chi connectivity index (χ1v) is 12.1. The maximum atomic E-state index is 12.9. The van der Waals surface area contributed by atoms with Gasteiger partial charge in [-0.2, -0.15) is 4.31 Å². The predicted octanol–water partition coefficient (Wildman–Crippen LogP) is 2.19. The van der Waals surface area contributed by atoms with Crippen LogP contribution in [-0.4, -0.2) is 57.6 Å². The van der Waals surface area contributed by atoms with Crippen molar-refractivity contribution in [2.24, 2.45) is 0 Å². The average molecular weight is 474 g/mol. The molecule has 0 fully saturated rings. The van der Waals surface area contributed by atoms with E-state index in [0.717, 1.165) is 17.3 Å². The van der Waals surface area contributed by atoms with Crippen molar-refractivity contribution in [1.82, 2.24) is 13.9 Å². The Morgan fingerprint density at radius 1 is 1.03 bits per heavy atom. The summed E-state index contributed by atoms with van der Waals surface area (Å²) in [5.74, 6) is 0.660. The normalized spacial score (nSPS) is 12.0. The molecule has 2 aromatic carbocycles. The maximum absolute atomic E-state index is 12.9. The van der Waals surface area contributed by atoms with Gasteiger partial charge in [0.15, 0.2) is 0 Å². The minimum absolute atomic E-state index is 0. The summed E-state index contributed by atoms with van der Waals surface area (Å²) in [6.07, 6.45) is 1.03. The van der Waals surface area contributed by atoms with E-state index in [9.17, 15) is 16.8 Å². The Labute approximate surface area is 182 Å². The number of nitrogens with zero attached hydrogens (tertiary/aromatic N) is 3. The number of rotatable bonds is 8. The Hall–Kier alpha value is -2.34. The van der Waals surface area contributed by atoms with Crippen LogP contribution in [0.15, 0.2) is 53.4 Å². The Morgan fingerprint density at radius 3 is 2.27 bits per heavy atom. The minimum Gasteiger partial charge on any atom is -0.359 e. The molecule has 0 aliphatic rings. The topological polar surface area (TPSA) is 113 Å². The Balaban J connectivity index is 0.00000320. The molecule has 3 rings (SSSR count). The molecule has 0 amide bonds. The number of sulfonamides is 2. The third kappa shape index (κ3) is 5.22. The van der Waals surface area contributed by atoms with Crippen molar-refractivity contribution in [2.75, 3.05) is 36.9 Å². The first kappa shape index (κ1) is 23.9. The van der Waals surface area contributed by atoms with Crippen LogP contribution in [0.2, 0.25) is 0 Å². The highest BCUT2D eigenvalue weighted by atomic mass is 35.5. The summed E-state index contributed by atoms with van der Waals surface area (Å²) in [6, 6.07) is 13.2. The molecule has 0 saturated carbocycles. The van der Waals surface area contributed by atoms with Crippen molar-refractivity contribution in [3.05, 3.63) is 48.5 Å². The lowest BCUT2D eigenvalue weighted by atomic mass is 10.3. The molecule has 1 aromatic heterocycles. The van der Waals surface area contributed by atoms with Gasteiger partial charge in [0.05, 0.1) is 22.2 Å². The molecular formula is C18H24ClN5O4S2. The van der Waals surface area contributed by atoms with Crippen LogP contribution in [0, 0.1) is 0 Å². The number of hydrogen-bond donors (Lipinski definition) is 2. The highest BCUT2D eigenvalue weighted by Crippen LogP contribution is 2.21. The second-order valence-corrected chi connectivity index (χ2v) is 10.3. The lowest BCUT2D eigenvalue weighted by Crippen LogP contribution is -2.30. The zero-order chi connectivity index (χ0) is 21.2. The molecule has 1 heterocycles. The van der Waals surface area contributed by atoms with Crippen molar-refractivity contribution in [1.29, 1.82) is 0 Å². The summed E-state index contributed by atoms with van der Waals surface area (Å²) in [4.78, 5) is 4.58. The van der Waals surface area contributed by atoms with E-state index in [-0.39, 0.29) is 23.8 Å². The first-order valence-electron chi connectivity index (χ1n) is 8.79. The number of para-hydroxylation sites is 2. The van der Waals surface area contributed by atoms with Gasteiger partial charge < -0.3 is 9.88 Å².